The summed E-state index contributed by atoms with van der Waals surface area (Å²) in [6.45, 7) is 4.55. The van der Waals surface area contributed by atoms with Crippen LogP contribution in [-0.4, -0.2) is 66.5 Å². The molecule has 0 saturated carbocycles. The molecule has 0 amide bonds. The van der Waals surface area contributed by atoms with Crippen molar-refractivity contribution in [3.63, 3.8) is 0 Å². The molecular weight excluding hydrogens is 928 g/mol. The van der Waals surface area contributed by atoms with E-state index in [2.05, 4.69) is 81.5 Å². The second kappa shape index (κ2) is 54.4. The molecule has 72 heavy (non-hydrogen) atoms. The molecule has 0 aromatic heterocycles. The van der Waals surface area contributed by atoms with E-state index in [0.29, 0.717) is 19.3 Å². The summed E-state index contributed by atoms with van der Waals surface area (Å²) in [6, 6.07) is 0. The van der Waals surface area contributed by atoms with Gasteiger partial charge in [0.05, 0.1) is 19.8 Å². The van der Waals surface area contributed by atoms with Crippen LogP contribution < -0.4 is 0 Å². The zero-order chi connectivity index (χ0) is 52.7. The van der Waals surface area contributed by atoms with Crippen LogP contribution in [0.15, 0.2) is 60.8 Å². The molecule has 0 aliphatic heterocycles. The molecule has 12 heteroatoms. The number of carbonyl (C=O) groups excluding carboxylic acids is 3. The zero-order valence-electron chi connectivity index (χ0n) is 46.1. The van der Waals surface area contributed by atoms with Gasteiger partial charge in [0.2, 0.25) is 0 Å². The van der Waals surface area contributed by atoms with Crippen molar-refractivity contribution in [3.05, 3.63) is 60.8 Å². The third-order valence-electron chi connectivity index (χ3n) is 12.4. The fraction of sp³-hybridized carbons (Fsp3) is 0.783. The van der Waals surface area contributed by atoms with Crippen molar-refractivity contribution >= 4 is 25.7 Å². The van der Waals surface area contributed by atoms with E-state index in [-0.39, 0.29) is 25.9 Å². The van der Waals surface area contributed by atoms with Gasteiger partial charge in [-0.1, -0.05) is 204 Å². The minimum atomic E-state index is -4.75. The van der Waals surface area contributed by atoms with Crippen LogP contribution in [-0.2, 0) is 42.2 Å². The van der Waals surface area contributed by atoms with Crippen molar-refractivity contribution in [2.75, 3.05) is 26.4 Å². The van der Waals surface area contributed by atoms with Crippen LogP contribution in [0.25, 0.3) is 0 Å². The standard InChI is InChI=1S/C60H107O11P/c1-4-7-10-13-16-19-22-24-26-27-28-29-31-32-35-37-40-43-46-49-58(62)67-53-57(71-60(64)51-48-45-42-39-36-33-30-25-23-20-17-14-11-8-5-2)55-69-72(65,66)68-54-56(52-61)70-59(63)50-47-44-41-38-34-21-18-15-12-9-6-3/h15-16,18-19,24-26,28-30,56-57,61H,4-14,17,20-23,27,31-55H2,1-3H3,(H,65,66)/b18-15-,19-16-,26-24-,29-28-,30-25-. The molecule has 0 aliphatic carbocycles. The molecule has 418 valence electrons. The summed E-state index contributed by atoms with van der Waals surface area (Å²) in [7, 11) is -4.75. The summed E-state index contributed by atoms with van der Waals surface area (Å²) in [6.07, 6.45) is 58.9. The molecular formula is C60H107O11P. The molecule has 0 saturated heterocycles. The van der Waals surface area contributed by atoms with Crippen molar-refractivity contribution in [2.24, 2.45) is 0 Å². The van der Waals surface area contributed by atoms with Crippen molar-refractivity contribution in [2.45, 2.75) is 277 Å². The predicted molar refractivity (Wildman–Crippen MR) is 298 cm³/mol. The van der Waals surface area contributed by atoms with Crippen molar-refractivity contribution in [1.82, 2.24) is 0 Å². The maximum Gasteiger partial charge on any atom is 0.472 e. The highest BCUT2D eigenvalue weighted by molar-refractivity contribution is 7.47. The third-order valence-corrected chi connectivity index (χ3v) is 13.3. The Labute approximate surface area is 440 Å². The van der Waals surface area contributed by atoms with Gasteiger partial charge in [-0.2, -0.15) is 0 Å². The molecule has 3 unspecified atom stereocenters. The zero-order valence-corrected chi connectivity index (χ0v) is 47.0. The number of aliphatic hydroxyl groups excluding tert-OH is 1. The first-order valence-electron chi connectivity index (χ1n) is 29.2. The summed E-state index contributed by atoms with van der Waals surface area (Å²) >= 11 is 0. The number of carbonyl (C=O) groups is 3. The molecule has 0 spiro atoms. The monoisotopic (exact) mass is 1030 g/mol. The summed E-state index contributed by atoms with van der Waals surface area (Å²) in [5.41, 5.74) is 0. The average molecular weight is 1040 g/mol. The Morgan fingerprint density at radius 3 is 1.12 bits per heavy atom. The van der Waals surface area contributed by atoms with Crippen molar-refractivity contribution in [1.29, 1.82) is 0 Å². The highest BCUT2D eigenvalue weighted by Gasteiger charge is 2.28. The lowest BCUT2D eigenvalue weighted by atomic mass is 10.1. The Morgan fingerprint density at radius 2 is 0.694 bits per heavy atom. The van der Waals surface area contributed by atoms with Gasteiger partial charge in [0.1, 0.15) is 12.7 Å². The number of rotatable bonds is 54. The smallest absolute Gasteiger partial charge is 0.462 e. The molecule has 0 aliphatic rings. The molecule has 0 bridgehead atoms. The van der Waals surface area contributed by atoms with E-state index >= 15 is 0 Å². The third kappa shape index (κ3) is 52.1. The van der Waals surface area contributed by atoms with Crippen molar-refractivity contribution in [3.8, 4) is 0 Å². The number of esters is 3. The lowest BCUT2D eigenvalue weighted by Crippen LogP contribution is -2.30. The molecule has 0 aromatic carbocycles. The van der Waals surface area contributed by atoms with E-state index in [9.17, 15) is 28.9 Å². The molecule has 0 fully saturated rings. The second-order valence-electron chi connectivity index (χ2n) is 19.4. The van der Waals surface area contributed by atoms with Gasteiger partial charge in [0.25, 0.3) is 0 Å². The van der Waals surface area contributed by atoms with E-state index in [1.807, 2.05) is 0 Å². The van der Waals surface area contributed by atoms with Gasteiger partial charge >= 0.3 is 25.7 Å². The van der Waals surface area contributed by atoms with Gasteiger partial charge in [-0.15, -0.1) is 0 Å². The van der Waals surface area contributed by atoms with Crippen LogP contribution in [0.1, 0.15) is 265 Å². The van der Waals surface area contributed by atoms with E-state index < -0.39 is 57.8 Å². The summed E-state index contributed by atoms with van der Waals surface area (Å²) in [5, 5.41) is 9.79. The van der Waals surface area contributed by atoms with Gasteiger partial charge in [0, 0.05) is 19.3 Å². The van der Waals surface area contributed by atoms with Crippen LogP contribution in [0.2, 0.25) is 0 Å². The topological polar surface area (TPSA) is 155 Å². The number of ether oxygens (including phenoxy) is 3. The van der Waals surface area contributed by atoms with E-state index in [1.165, 1.54) is 77.0 Å². The highest BCUT2D eigenvalue weighted by Crippen LogP contribution is 2.43. The Hall–Kier alpha value is -2.82. The largest absolute Gasteiger partial charge is 0.472 e. The molecule has 2 N–H and O–H groups in total. The van der Waals surface area contributed by atoms with Crippen LogP contribution in [0.4, 0.5) is 0 Å². The first kappa shape index (κ1) is 69.2. The lowest BCUT2D eigenvalue weighted by molar-refractivity contribution is -0.161. The van der Waals surface area contributed by atoms with Crippen molar-refractivity contribution < 1.29 is 52.2 Å². The minimum Gasteiger partial charge on any atom is -0.462 e. The molecule has 0 heterocycles. The molecule has 0 radical (unpaired) electrons. The normalized spacial score (nSPS) is 13.8. The summed E-state index contributed by atoms with van der Waals surface area (Å²) < 4.78 is 39.5. The van der Waals surface area contributed by atoms with Crippen LogP contribution >= 0.6 is 7.82 Å². The van der Waals surface area contributed by atoms with Gasteiger partial charge in [0.15, 0.2) is 6.10 Å². The SMILES string of the molecule is CCCC/C=C\CCCCCCCC(=O)OC(CO)COP(=O)(O)OCC(COC(=O)CCCCCCCC/C=C\C/C=C\C/C=C\CCCCC)OC(=O)CCCCCCC/C=C\CCCCCCCC. The summed E-state index contributed by atoms with van der Waals surface area (Å²) in [4.78, 5) is 48.5. The fourth-order valence-corrected chi connectivity index (χ4v) is 8.65. The Bertz CT molecular complexity index is 1440. The van der Waals surface area contributed by atoms with Gasteiger partial charge < -0.3 is 24.2 Å². The predicted octanol–water partition coefficient (Wildman–Crippen LogP) is 17.1. The number of aliphatic hydroxyl groups is 1. The second-order valence-corrected chi connectivity index (χ2v) is 20.9. The number of hydrogen-bond donors (Lipinski definition) is 2. The van der Waals surface area contributed by atoms with Crippen LogP contribution in [0.3, 0.4) is 0 Å². The molecule has 0 rings (SSSR count). The maximum absolute atomic E-state index is 12.9. The Balaban J connectivity index is 4.74. The van der Waals surface area contributed by atoms with Crippen LogP contribution in [0.5, 0.6) is 0 Å². The van der Waals surface area contributed by atoms with Gasteiger partial charge in [-0.25, -0.2) is 4.57 Å². The number of unbranched alkanes of at least 4 members (excludes halogenated alkanes) is 27. The summed E-state index contributed by atoms with van der Waals surface area (Å²) in [5.74, 6) is -1.49. The Kier molecular flexibility index (Phi) is 52.3. The van der Waals surface area contributed by atoms with E-state index in [4.69, 9.17) is 23.3 Å². The molecule has 0 aromatic rings. The molecule has 11 nitrogen and oxygen atoms in total. The fourth-order valence-electron chi connectivity index (χ4n) is 7.87. The first-order chi connectivity index (χ1) is 35.2. The van der Waals surface area contributed by atoms with Gasteiger partial charge in [-0.3, -0.25) is 23.4 Å². The average Bonchev–Trinajstić information content (AvgIpc) is 3.37. The van der Waals surface area contributed by atoms with E-state index in [1.54, 1.807) is 0 Å². The number of phosphoric ester groups is 1. The van der Waals surface area contributed by atoms with Crippen LogP contribution in [0, 0.1) is 0 Å². The lowest BCUT2D eigenvalue weighted by Gasteiger charge is -2.21. The number of allylic oxidation sites excluding steroid dienone is 10. The first-order valence-corrected chi connectivity index (χ1v) is 30.7. The molecule has 3 atom stereocenters. The van der Waals surface area contributed by atoms with E-state index in [0.717, 1.165) is 128 Å². The number of phosphoric acid groups is 1. The quantitative estimate of drug-likeness (QED) is 0.0197. The maximum atomic E-state index is 12.9. The number of hydrogen-bond acceptors (Lipinski definition) is 10. The highest BCUT2D eigenvalue weighted by atomic mass is 31.2. The Morgan fingerprint density at radius 1 is 0.389 bits per heavy atom. The minimum absolute atomic E-state index is 0.154. The van der Waals surface area contributed by atoms with Gasteiger partial charge in [-0.05, 0) is 103 Å².